The summed E-state index contributed by atoms with van der Waals surface area (Å²) in [6.07, 6.45) is 2.89. The SMILES string of the molecule is O=C(Cc1ccccc1Cl)NC1CC(=O)N(C2CC2)C1. The van der Waals surface area contributed by atoms with Crippen molar-refractivity contribution >= 4 is 23.4 Å². The van der Waals surface area contributed by atoms with Gasteiger partial charge in [-0.2, -0.15) is 0 Å². The van der Waals surface area contributed by atoms with Crippen LogP contribution in [0.4, 0.5) is 0 Å². The van der Waals surface area contributed by atoms with Crippen molar-refractivity contribution in [3.8, 4) is 0 Å². The largest absolute Gasteiger partial charge is 0.351 e. The van der Waals surface area contributed by atoms with E-state index >= 15 is 0 Å². The molecule has 0 spiro atoms. The molecule has 0 aromatic heterocycles. The molecular weight excluding hydrogens is 276 g/mol. The number of hydrogen-bond donors (Lipinski definition) is 1. The second-order valence-electron chi connectivity index (χ2n) is 5.51. The minimum atomic E-state index is -0.0754. The number of carbonyl (C=O) groups excluding carboxylic acids is 2. The number of carbonyl (C=O) groups is 2. The molecule has 2 amide bonds. The van der Waals surface area contributed by atoms with Crippen molar-refractivity contribution in [2.75, 3.05) is 6.54 Å². The molecule has 1 saturated heterocycles. The number of rotatable bonds is 4. The number of hydrogen-bond acceptors (Lipinski definition) is 2. The number of nitrogens with zero attached hydrogens (tertiary/aromatic N) is 1. The molecule has 1 heterocycles. The molecule has 20 heavy (non-hydrogen) atoms. The Morgan fingerprint density at radius 2 is 2.10 bits per heavy atom. The molecule has 1 saturated carbocycles. The highest BCUT2D eigenvalue weighted by atomic mass is 35.5. The zero-order valence-corrected chi connectivity index (χ0v) is 11.9. The lowest BCUT2D eigenvalue weighted by molar-refractivity contribution is -0.128. The maximum Gasteiger partial charge on any atom is 0.225 e. The van der Waals surface area contributed by atoms with E-state index in [9.17, 15) is 9.59 Å². The smallest absolute Gasteiger partial charge is 0.225 e. The number of likely N-dealkylation sites (tertiary alicyclic amines) is 1. The highest BCUT2D eigenvalue weighted by Crippen LogP contribution is 2.30. The molecule has 0 radical (unpaired) electrons. The highest BCUT2D eigenvalue weighted by Gasteiger charge is 2.39. The lowest BCUT2D eigenvalue weighted by atomic mass is 10.1. The summed E-state index contributed by atoms with van der Waals surface area (Å²) in [6, 6.07) is 7.69. The molecule has 1 atom stereocenters. The van der Waals surface area contributed by atoms with Crippen LogP contribution in [0.3, 0.4) is 0 Å². The topological polar surface area (TPSA) is 49.4 Å². The predicted molar refractivity (Wildman–Crippen MR) is 76.4 cm³/mol. The van der Waals surface area contributed by atoms with E-state index in [1.807, 2.05) is 23.1 Å². The molecule has 1 aliphatic carbocycles. The Balaban J connectivity index is 1.54. The van der Waals surface area contributed by atoms with E-state index in [-0.39, 0.29) is 24.3 Å². The third-order valence-electron chi connectivity index (χ3n) is 3.82. The Morgan fingerprint density at radius 1 is 1.35 bits per heavy atom. The molecule has 1 aromatic rings. The van der Waals surface area contributed by atoms with Gasteiger partial charge in [-0.3, -0.25) is 9.59 Å². The van der Waals surface area contributed by atoms with Gasteiger partial charge in [0.15, 0.2) is 0 Å². The fourth-order valence-corrected chi connectivity index (χ4v) is 2.86. The fourth-order valence-electron chi connectivity index (χ4n) is 2.66. The average molecular weight is 293 g/mol. The molecular formula is C15H17ClN2O2. The van der Waals surface area contributed by atoms with E-state index in [2.05, 4.69) is 5.32 Å². The molecule has 1 aliphatic heterocycles. The molecule has 4 nitrogen and oxygen atoms in total. The first-order valence-corrected chi connectivity index (χ1v) is 7.33. The summed E-state index contributed by atoms with van der Waals surface area (Å²) in [6.45, 7) is 0.651. The van der Waals surface area contributed by atoms with Gasteiger partial charge >= 0.3 is 0 Å². The first-order valence-electron chi connectivity index (χ1n) is 6.95. The Bertz CT molecular complexity index is 542. The van der Waals surface area contributed by atoms with Gasteiger partial charge < -0.3 is 10.2 Å². The van der Waals surface area contributed by atoms with Crippen LogP contribution in [-0.4, -0.2) is 35.3 Å². The van der Waals surface area contributed by atoms with E-state index in [0.717, 1.165) is 18.4 Å². The van der Waals surface area contributed by atoms with Crippen molar-refractivity contribution < 1.29 is 9.59 Å². The Labute approximate surface area is 123 Å². The van der Waals surface area contributed by atoms with Gasteiger partial charge in [0, 0.05) is 24.0 Å². The van der Waals surface area contributed by atoms with Gasteiger partial charge in [-0.1, -0.05) is 29.8 Å². The van der Waals surface area contributed by atoms with Crippen LogP contribution in [0.2, 0.25) is 5.02 Å². The first-order chi connectivity index (χ1) is 9.63. The van der Waals surface area contributed by atoms with Crippen molar-refractivity contribution in [3.63, 3.8) is 0 Å². The second-order valence-corrected chi connectivity index (χ2v) is 5.92. The van der Waals surface area contributed by atoms with Crippen molar-refractivity contribution in [2.24, 2.45) is 0 Å². The minimum Gasteiger partial charge on any atom is -0.351 e. The van der Waals surface area contributed by atoms with Crippen LogP contribution < -0.4 is 5.32 Å². The van der Waals surface area contributed by atoms with E-state index in [1.54, 1.807) is 6.07 Å². The number of nitrogens with one attached hydrogen (secondary N) is 1. The quantitative estimate of drug-likeness (QED) is 0.919. The van der Waals surface area contributed by atoms with Crippen LogP contribution in [0, 0.1) is 0 Å². The van der Waals surface area contributed by atoms with Gasteiger partial charge in [0.05, 0.1) is 12.5 Å². The molecule has 1 aromatic carbocycles. The van der Waals surface area contributed by atoms with Crippen molar-refractivity contribution in [3.05, 3.63) is 34.9 Å². The van der Waals surface area contributed by atoms with Gasteiger partial charge in [0.25, 0.3) is 0 Å². The van der Waals surface area contributed by atoms with Crippen molar-refractivity contribution in [2.45, 2.75) is 37.8 Å². The Kier molecular flexibility index (Phi) is 3.66. The standard InChI is InChI=1S/C15H17ClN2O2/c16-13-4-2-1-3-10(13)7-14(19)17-11-8-15(20)18(9-11)12-5-6-12/h1-4,11-12H,5-9H2,(H,17,19). The Hall–Kier alpha value is -1.55. The van der Waals surface area contributed by atoms with Crippen LogP contribution in [0.1, 0.15) is 24.8 Å². The maximum atomic E-state index is 12.0. The minimum absolute atomic E-state index is 0.0573. The molecule has 3 rings (SSSR count). The van der Waals surface area contributed by atoms with Crippen LogP contribution in [0.15, 0.2) is 24.3 Å². The average Bonchev–Trinajstić information content (AvgIpc) is 3.17. The van der Waals surface area contributed by atoms with Crippen LogP contribution >= 0.6 is 11.6 Å². The summed E-state index contributed by atoms with van der Waals surface area (Å²) in [4.78, 5) is 25.7. The number of amides is 2. The van der Waals surface area contributed by atoms with Gasteiger partial charge in [-0.25, -0.2) is 0 Å². The summed E-state index contributed by atoms with van der Waals surface area (Å²) in [7, 11) is 0. The molecule has 1 N–H and O–H groups in total. The zero-order chi connectivity index (χ0) is 14.1. The van der Waals surface area contributed by atoms with E-state index < -0.39 is 0 Å². The van der Waals surface area contributed by atoms with Gasteiger partial charge in [-0.05, 0) is 24.5 Å². The van der Waals surface area contributed by atoms with E-state index in [0.29, 0.717) is 24.0 Å². The normalized spacial score (nSPS) is 22.1. The van der Waals surface area contributed by atoms with E-state index in [4.69, 9.17) is 11.6 Å². The summed E-state index contributed by atoms with van der Waals surface area (Å²) in [5.41, 5.74) is 0.815. The molecule has 0 bridgehead atoms. The van der Waals surface area contributed by atoms with Gasteiger partial charge in [0.2, 0.25) is 11.8 Å². The summed E-state index contributed by atoms with van der Waals surface area (Å²) < 4.78 is 0. The van der Waals surface area contributed by atoms with E-state index in [1.165, 1.54) is 0 Å². The highest BCUT2D eigenvalue weighted by molar-refractivity contribution is 6.31. The van der Waals surface area contributed by atoms with Gasteiger partial charge in [-0.15, -0.1) is 0 Å². The summed E-state index contributed by atoms with van der Waals surface area (Å²) >= 11 is 6.04. The van der Waals surface area contributed by atoms with Crippen molar-refractivity contribution in [1.29, 1.82) is 0 Å². The molecule has 2 fully saturated rings. The van der Waals surface area contributed by atoms with Crippen LogP contribution in [0.25, 0.3) is 0 Å². The Morgan fingerprint density at radius 3 is 2.80 bits per heavy atom. The molecule has 5 heteroatoms. The lowest BCUT2D eigenvalue weighted by Crippen LogP contribution is -2.38. The van der Waals surface area contributed by atoms with Crippen molar-refractivity contribution in [1.82, 2.24) is 10.2 Å². The molecule has 106 valence electrons. The van der Waals surface area contributed by atoms with Crippen LogP contribution in [-0.2, 0) is 16.0 Å². The third kappa shape index (κ3) is 2.96. The first kappa shape index (κ1) is 13.4. The molecule has 1 unspecified atom stereocenters. The predicted octanol–water partition coefficient (Wildman–Crippen LogP) is 1.76. The monoisotopic (exact) mass is 292 g/mol. The molecule has 2 aliphatic rings. The third-order valence-corrected chi connectivity index (χ3v) is 4.19. The lowest BCUT2D eigenvalue weighted by Gasteiger charge is -2.16. The zero-order valence-electron chi connectivity index (χ0n) is 11.1. The maximum absolute atomic E-state index is 12.0. The summed E-state index contributed by atoms with van der Waals surface area (Å²) in [5, 5.41) is 3.54. The van der Waals surface area contributed by atoms with Crippen LogP contribution in [0.5, 0.6) is 0 Å². The summed E-state index contributed by atoms with van der Waals surface area (Å²) in [5.74, 6) is 0.0871. The van der Waals surface area contributed by atoms with Gasteiger partial charge in [0.1, 0.15) is 0 Å². The fraction of sp³-hybridized carbons (Fsp3) is 0.467. The second kappa shape index (κ2) is 5.44. The number of benzene rings is 1. The number of halogens is 1.